The number of nitrogens with one attached hydrogen (secondary N) is 2. The van der Waals surface area contributed by atoms with Gasteiger partial charge in [0.05, 0.1) is 23.8 Å². The summed E-state index contributed by atoms with van der Waals surface area (Å²) in [5, 5.41) is 1.61. The summed E-state index contributed by atoms with van der Waals surface area (Å²) in [6.45, 7) is 0. The molecule has 6 nitrogen and oxygen atoms in total. The largest absolute Gasteiger partial charge is 0.497 e. The summed E-state index contributed by atoms with van der Waals surface area (Å²) in [4.78, 5) is 21.5. The van der Waals surface area contributed by atoms with Crippen LogP contribution in [-0.2, 0) is 0 Å². The molecule has 1 aromatic heterocycles. The van der Waals surface area contributed by atoms with Gasteiger partial charge in [-0.2, -0.15) is 0 Å². The Kier molecular flexibility index (Phi) is 4.95. The standard InChI is InChI=1S/C24H19BrN4O2/c1-31-18-12-8-15(9-13-18)21-14-22(23-26-19-4-2-3-5-20(19)27-23)29(28-21)24(30)16-6-10-17(25)11-7-16/h2-14,22,28H,1H3,(H,26,27). The highest BCUT2D eigenvalue weighted by molar-refractivity contribution is 9.10. The number of hydrazine groups is 1. The lowest BCUT2D eigenvalue weighted by atomic mass is 10.1. The van der Waals surface area contributed by atoms with E-state index in [9.17, 15) is 4.79 Å². The van der Waals surface area contributed by atoms with Crippen LogP contribution in [0.3, 0.4) is 0 Å². The quantitative estimate of drug-likeness (QED) is 0.432. The van der Waals surface area contributed by atoms with Crippen molar-refractivity contribution in [3.05, 3.63) is 100 Å². The van der Waals surface area contributed by atoms with E-state index in [1.165, 1.54) is 0 Å². The number of carbonyl (C=O) groups excluding carboxylic acids is 1. The molecule has 154 valence electrons. The lowest BCUT2D eigenvalue weighted by molar-refractivity contribution is 0.0666. The predicted molar refractivity (Wildman–Crippen MR) is 123 cm³/mol. The van der Waals surface area contributed by atoms with Crippen molar-refractivity contribution in [2.24, 2.45) is 0 Å². The zero-order chi connectivity index (χ0) is 21.4. The fourth-order valence-corrected chi connectivity index (χ4v) is 3.89. The minimum absolute atomic E-state index is 0.141. The molecule has 0 saturated heterocycles. The number of amides is 1. The monoisotopic (exact) mass is 474 g/mol. The number of ether oxygens (including phenoxy) is 1. The van der Waals surface area contributed by atoms with Crippen molar-refractivity contribution in [2.45, 2.75) is 6.04 Å². The molecule has 5 rings (SSSR count). The topological polar surface area (TPSA) is 70.2 Å². The van der Waals surface area contributed by atoms with Crippen LogP contribution in [0.2, 0.25) is 0 Å². The number of aromatic amines is 1. The van der Waals surface area contributed by atoms with Gasteiger partial charge in [-0.15, -0.1) is 0 Å². The predicted octanol–water partition coefficient (Wildman–Crippen LogP) is 5.08. The summed E-state index contributed by atoms with van der Waals surface area (Å²) in [7, 11) is 1.64. The lowest BCUT2D eigenvalue weighted by Crippen LogP contribution is -2.39. The minimum Gasteiger partial charge on any atom is -0.497 e. The van der Waals surface area contributed by atoms with Gasteiger partial charge in [0.2, 0.25) is 0 Å². The van der Waals surface area contributed by atoms with Crippen molar-refractivity contribution in [1.29, 1.82) is 0 Å². The average Bonchev–Trinajstić information content (AvgIpc) is 3.43. The number of rotatable bonds is 4. The summed E-state index contributed by atoms with van der Waals surface area (Å²) < 4.78 is 6.18. The van der Waals surface area contributed by atoms with Gasteiger partial charge in [-0.3, -0.25) is 10.2 Å². The molecular weight excluding hydrogens is 456 g/mol. The Balaban J connectivity index is 1.55. The number of methoxy groups -OCH3 is 1. The van der Waals surface area contributed by atoms with Crippen molar-refractivity contribution in [3.8, 4) is 5.75 Å². The van der Waals surface area contributed by atoms with Crippen LogP contribution < -0.4 is 10.2 Å². The highest BCUT2D eigenvalue weighted by Gasteiger charge is 2.33. The van der Waals surface area contributed by atoms with Gasteiger partial charge in [-0.05, 0) is 72.3 Å². The first kappa shape index (κ1) is 19.4. The van der Waals surface area contributed by atoms with Crippen LogP contribution in [0.5, 0.6) is 5.75 Å². The lowest BCUT2D eigenvalue weighted by Gasteiger charge is -2.24. The summed E-state index contributed by atoms with van der Waals surface area (Å²) in [6, 6.07) is 22.5. The van der Waals surface area contributed by atoms with Gasteiger partial charge in [0.25, 0.3) is 5.91 Å². The van der Waals surface area contributed by atoms with E-state index in [0.29, 0.717) is 11.4 Å². The van der Waals surface area contributed by atoms with Gasteiger partial charge in [-0.25, -0.2) is 9.99 Å². The van der Waals surface area contributed by atoms with Crippen LogP contribution in [0.4, 0.5) is 0 Å². The Morgan fingerprint density at radius 3 is 2.48 bits per heavy atom. The number of nitrogens with zero attached hydrogens (tertiary/aromatic N) is 2. The zero-order valence-corrected chi connectivity index (χ0v) is 18.3. The number of para-hydroxylation sites is 2. The first-order chi connectivity index (χ1) is 15.1. The maximum absolute atomic E-state index is 13.4. The molecule has 1 aliphatic rings. The molecule has 2 N–H and O–H groups in total. The van der Waals surface area contributed by atoms with Crippen LogP contribution in [0.1, 0.15) is 27.8 Å². The number of fused-ring (bicyclic) bond motifs is 1. The third kappa shape index (κ3) is 3.68. The van der Waals surface area contributed by atoms with Gasteiger partial charge in [0, 0.05) is 10.0 Å². The summed E-state index contributed by atoms with van der Waals surface area (Å²) in [5.74, 6) is 1.33. The molecule has 0 aliphatic carbocycles. The van der Waals surface area contributed by atoms with E-state index in [-0.39, 0.29) is 11.9 Å². The minimum atomic E-state index is -0.388. The van der Waals surface area contributed by atoms with Gasteiger partial charge >= 0.3 is 0 Å². The molecule has 0 bridgehead atoms. The number of carbonyl (C=O) groups is 1. The number of imidazole rings is 1. The van der Waals surface area contributed by atoms with E-state index in [1.807, 2.05) is 66.7 Å². The Morgan fingerprint density at radius 2 is 1.77 bits per heavy atom. The molecule has 4 aromatic rings. The number of hydrogen-bond acceptors (Lipinski definition) is 4. The molecule has 2 heterocycles. The van der Waals surface area contributed by atoms with Crippen LogP contribution in [-0.4, -0.2) is 28.0 Å². The van der Waals surface area contributed by atoms with Crippen LogP contribution in [0, 0.1) is 0 Å². The molecule has 7 heteroatoms. The van der Waals surface area contributed by atoms with Crippen molar-refractivity contribution in [1.82, 2.24) is 20.4 Å². The first-order valence-electron chi connectivity index (χ1n) is 9.79. The molecule has 0 fully saturated rings. The Hall–Kier alpha value is -3.58. The first-order valence-corrected chi connectivity index (χ1v) is 10.6. The van der Waals surface area contributed by atoms with Crippen molar-refractivity contribution in [3.63, 3.8) is 0 Å². The van der Waals surface area contributed by atoms with Gasteiger partial charge in [0.15, 0.2) is 0 Å². The van der Waals surface area contributed by atoms with E-state index in [2.05, 4.69) is 26.3 Å². The van der Waals surface area contributed by atoms with Gasteiger partial charge < -0.3 is 9.72 Å². The summed E-state index contributed by atoms with van der Waals surface area (Å²) in [5.41, 5.74) is 7.44. The van der Waals surface area contributed by atoms with Crippen molar-refractivity contribution >= 4 is 38.6 Å². The molecule has 1 atom stereocenters. The van der Waals surface area contributed by atoms with Crippen molar-refractivity contribution in [2.75, 3.05) is 7.11 Å². The highest BCUT2D eigenvalue weighted by Crippen LogP contribution is 2.32. The molecule has 1 unspecified atom stereocenters. The molecular formula is C24H19BrN4O2. The Bertz CT molecular complexity index is 1250. The summed E-state index contributed by atoms with van der Waals surface area (Å²) in [6.07, 6.45) is 2.01. The van der Waals surface area contributed by atoms with E-state index in [0.717, 1.165) is 32.5 Å². The molecule has 0 saturated carbocycles. The second-order valence-electron chi connectivity index (χ2n) is 7.19. The number of hydrogen-bond donors (Lipinski definition) is 2. The number of halogens is 1. The van der Waals surface area contributed by atoms with Crippen LogP contribution in [0.15, 0.2) is 83.3 Å². The Morgan fingerprint density at radius 1 is 1.03 bits per heavy atom. The molecule has 0 spiro atoms. The fraction of sp³-hybridized carbons (Fsp3) is 0.0833. The summed E-state index contributed by atoms with van der Waals surface area (Å²) >= 11 is 3.42. The van der Waals surface area contributed by atoms with Crippen molar-refractivity contribution < 1.29 is 9.53 Å². The second kappa shape index (κ2) is 7.92. The smallest absolute Gasteiger partial charge is 0.273 e. The zero-order valence-electron chi connectivity index (χ0n) is 16.7. The third-order valence-electron chi connectivity index (χ3n) is 5.24. The van der Waals surface area contributed by atoms with E-state index < -0.39 is 0 Å². The second-order valence-corrected chi connectivity index (χ2v) is 8.10. The highest BCUT2D eigenvalue weighted by atomic mass is 79.9. The van der Waals surface area contributed by atoms with E-state index in [4.69, 9.17) is 9.72 Å². The average molecular weight is 475 g/mol. The SMILES string of the molecule is COc1ccc(C2=CC(c3nc4ccccc4[nH]3)N(C(=O)c3ccc(Br)cc3)N2)cc1. The van der Waals surface area contributed by atoms with Crippen LogP contribution in [0.25, 0.3) is 16.7 Å². The third-order valence-corrected chi connectivity index (χ3v) is 5.77. The van der Waals surface area contributed by atoms with Gasteiger partial charge in [0.1, 0.15) is 17.6 Å². The molecule has 3 aromatic carbocycles. The maximum Gasteiger partial charge on any atom is 0.273 e. The normalized spacial score (nSPS) is 15.6. The molecule has 1 aliphatic heterocycles. The van der Waals surface area contributed by atoms with E-state index >= 15 is 0 Å². The number of benzene rings is 3. The fourth-order valence-electron chi connectivity index (χ4n) is 3.62. The Labute approximate surface area is 187 Å². The molecule has 31 heavy (non-hydrogen) atoms. The number of aromatic nitrogens is 2. The van der Waals surface area contributed by atoms with Crippen LogP contribution >= 0.6 is 15.9 Å². The van der Waals surface area contributed by atoms with E-state index in [1.54, 1.807) is 24.3 Å². The number of H-pyrrole nitrogens is 1. The maximum atomic E-state index is 13.4. The van der Waals surface area contributed by atoms with Gasteiger partial charge in [-0.1, -0.05) is 28.1 Å². The molecule has 1 amide bonds. The molecule has 0 radical (unpaired) electrons.